The number of pyridine rings is 1. The number of carbonyl (C=O) groups excluding carboxylic acids is 1. The molecule has 0 aliphatic heterocycles. The van der Waals surface area contributed by atoms with Crippen LogP contribution >= 0.6 is 15.9 Å². The van der Waals surface area contributed by atoms with Crippen LogP contribution in [0, 0.1) is 11.3 Å². The van der Waals surface area contributed by atoms with Crippen LogP contribution in [-0.2, 0) is 0 Å². The largest absolute Gasteiger partial charge is 0.383 e. The Labute approximate surface area is 104 Å². The molecule has 1 aromatic heterocycles. The predicted octanol–water partition coefficient (Wildman–Crippen LogP) is 2.56. The van der Waals surface area contributed by atoms with Gasteiger partial charge in [-0.05, 0) is 34.1 Å². The zero-order valence-corrected chi connectivity index (χ0v) is 9.95. The fourth-order valence-corrected chi connectivity index (χ4v) is 2.08. The molecule has 17 heavy (non-hydrogen) atoms. The van der Waals surface area contributed by atoms with Crippen molar-refractivity contribution in [3.05, 3.63) is 33.8 Å². The normalized spacial score (nSPS) is 10.2. The Hall–Kier alpha value is -2.00. The van der Waals surface area contributed by atoms with Gasteiger partial charge in [-0.1, -0.05) is 0 Å². The van der Waals surface area contributed by atoms with Crippen molar-refractivity contribution in [2.75, 3.05) is 5.73 Å². The molecule has 84 valence electrons. The lowest BCUT2D eigenvalue weighted by Gasteiger charge is -2.05. The summed E-state index contributed by atoms with van der Waals surface area (Å²) in [7, 11) is 0. The summed E-state index contributed by atoms with van der Waals surface area (Å²) in [6.07, 6.45) is 0. The van der Waals surface area contributed by atoms with Gasteiger partial charge < -0.3 is 5.73 Å². The van der Waals surface area contributed by atoms with Crippen molar-refractivity contribution < 1.29 is 9.18 Å². The van der Waals surface area contributed by atoms with Crippen molar-refractivity contribution in [1.82, 2.24) is 4.98 Å². The highest BCUT2D eigenvalue weighted by molar-refractivity contribution is 9.10. The summed E-state index contributed by atoms with van der Waals surface area (Å²) in [6, 6.07) is 4.48. The number of nitrogen functional groups attached to an aromatic ring is 1. The van der Waals surface area contributed by atoms with E-state index in [0.717, 1.165) is 0 Å². The standard InChI is InChI=1S/C11H5BrFN3O/c12-9-6-3-5(10(13)17)1-2-8(6)16-11(15)7(9)4-14/h1-3H,(H2,15,16). The minimum absolute atomic E-state index is 0.0891. The number of nitrogens with zero attached hydrogens (tertiary/aromatic N) is 2. The number of fused-ring (bicyclic) bond motifs is 1. The molecule has 1 aromatic carbocycles. The van der Waals surface area contributed by atoms with Crippen LogP contribution in [0.3, 0.4) is 0 Å². The third-order valence-electron chi connectivity index (χ3n) is 2.29. The van der Waals surface area contributed by atoms with E-state index in [1.54, 1.807) is 0 Å². The lowest BCUT2D eigenvalue weighted by atomic mass is 10.1. The quantitative estimate of drug-likeness (QED) is 0.820. The molecule has 0 atom stereocenters. The summed E-state index contributed by atoms with van der Waals surface area (Å²) in [5.41, 5.74) is 6.15. The summed E-state index contributed by atoms with van der Waals surface area (Å²) in [5, 5.41) is 9.37. The van der Waals surface area contributed by atoms with Crippen LogP contribution in [0.15, 0.2) is 22.7 Å². The molecule has 2 N–H and O–H groups in total. The lowest BCUT2D eigenvalue weighted by molar-refractivity contribution is 0.0836. The third-order valence-corrected chi connectivity index (χ3v) is 3.11. The molecule has 0 fully saturated rings. The van der Waals surface area contributed by atoms with Gasteiger partial charge in [0.2, 0.25) is 0 Å². The number of carbonyl (C=O) groups is 1. The van der Waals surface area contributed by atoms with E-state index < -0.39 is 6.04 Å². The fourth-order valence-electron chi connectivity index (χ4n) is 1.47. The summed E-state index contributed by atoms with van der Waals surface area (Å²) in [6.45, 7) is 0. The van der Waals surface area contributed by atoms with Crippen LogP contribution in [0.25, 0.3) is 10.9 Å². The van der Waals surface area contributed by atoms with Gasteiger partial charge in [0.15, 0.2) is 0 Å². The monoisotopic (exact) mass is 293 g/mol. The van der Waals surface area contributed by atoms with Gasteiger partial charge in [0.1, 0.15) is 17.5 Å². The van der Waals surface area contributed by atoms with Gasteiger partial charge in [-0.3, -0.25) is 4.79 Å². The van der Waals surface area contributed by atoms with Crippen LogP contribution in [0.2, 0.25) is 0 Å². The van der Waals surface area contributed by atoms with Gasteiger partial charge in [-0.2, -0.15) is 9.65 Å². The fraction of sp³-hybridized carbons (Fsp3) is 0. The first kappa shape index (κ1) is 11.5. The summed E-state index contributed by atoms with van der Waals surface area (Å²) in [4.78, 5) is 14.6. The minimum Gasteiger partial charge on any atom is -0.383 e. The number of rotatable bonds is 1. The van der Waals surface area contributed by atoms with Crippen molar-refractivity contribution in [1.29, 1.82) is 5.26 Å². The number of aromatic nitrogens is 1. The van der Waals surface area contributed by atoms with E-state index in [1.165, 1.54) is 18.2 Å². The van der Waals surface area contributed by atoms with Crippen molar-refractivity contribution in [3.8, 4) is 6.07 Å². The highest BCUT2D eigenvalue weighted by atomic mass is 79.9. The molecule has 0 bridgehead atoms. The van der Waals surface area contributed by atoms with E-state index in [-0.39, 0.29) is 16.9 Å². The SMILES string of the molecule is N#Cc1c(N)nc2ccc(C(=O)F)cc2c1Br. The average Bonchev–Trinajstić information content (AvgIpc) is 2.29. The number of anilines is 1. The highest BCUT2D eigenvalue weighted by Gasteiger charge is 2.13. The molecule has 4 nitrogen and oxygen atoms in total. The van der Waals surface area contributed by atoms with Gasteiger partial charge in [0.05, 0.1) is 11.1 Å². The van der Waals surface area contributed by atoms with E-state index >= 15 is 0 Å². The van der Waals surface area contributed by atoms with Crippen LogP contribution in [0.5, 0.6) is 0 Å². The number of hydrogen-bond acceptors (Lipinski definition) is 4. The number of hydrogen-bond donors (Lipinski definition) is 1. The molecule has 0 unspecified atom stereocenters. The molecule has 0 spiro atoms. The van der Waals surface area contributed by atoms with Gasteiger partial charge in [-0.15, -0.1) is 0 Å². The Bertz CT molecular complexity index is 678. The summed E-state index contributed by atoms with van der Waals surface area (Å²) < 4.78 is 13.0. The zero-order valence-electron chi connectivity index (χ0n) is 8.37. The Balaban J connectivity index is 2.86. The number of halogens is 2. The number of nitrogens with two attached hydrogens (primary N) is 1. The second-order valence-electron chi connectivity index (χ2n) is 3.30. The predicted molar refractivity (Wildman–Crippen MR) is 64.0 cm³/mol. The molecule has 6 heteroatoms. The van der Waals surface area contributed by atoms with Gasteiger partial charge in [-0.25, -0.2) is 4.98 Å². The van der Waals surface area contributed by atoms with E-state index in [0.29, 0.717) is 15.4 Å². The van der Waals surface area contributed by atoms with Crippen LogP contribution in [0.4, 0.5) is 10.2 Å². The van der Waals surface area contributed by atoms with E-state index in [9.17, 15) is 9.18 Å². The maximum atomic E-state index is 12.6. The van der Waals surface area contributed by atoms with Crippen LogP contribution in [-0.4, -0.2) is 11.0 Å². The zero-order chi connectivity index (χ0) is 12.6. The molecule has 2 rings (SSSR count). The Morgan fingerprint density at radius 1 is 1.53 bits per heavy atom. The minimum atomic E-state index is -1.53. The molecule has 0 amide bonds. The molecular weight excluding hydrogens is 289 g/mol. The van der Waals surface area contributed by atoms with Crippen LogP contribution < -0.4 is 5.73 Å². The van der Waals surface area contributed by atoms with E-state index in [4.69, 9.17) is 11.0 Å². The first-order valence-corrected chi connectivity index (χ1v) is 5.32. The smallest absolute Gasteiger partial charge is 0.332 e. The summed E-state index contributed by atoms with van der Waals surface area (Å²) in [5.74, 6) is 0.0891. The molecular formula is C11H5BrFN3O. The molecule has 1 heterocycles. The molecule has 0 saturated heterocycles. The second kappa shape index (κ2) is 4.11. The van der Waals surface area contributed by atoms with Crippen molar-refractivity contribution in [2.45, 2.75) is 0 Å². The van der Waals surface area contributed by atoms with Crippen molar-refractivity contribution in [3.63, 3.8) is 0 Å². The van der Waals surface area contributed by atoms with Gasteiger partial charge in [0, 0.05) is 9.86 Å². The van der Waals surface area contributed by atoms with Crippen molar-refractivity contribution >= 4 is 38.7 Å². The Kier molecular flexibility index (Phi) is 2.77. The number of nitriles is 1. The Morgan fingerprint density at radius 2 is 2.24 bits per heavy atom. The molecule has 0 radical (unpaired) electrons. The maximum absolute atomic E-state index is 12.6. The van der Waals surface area contributed by atoms with Crippen molar-refractivity contribution in [2.24, 2.45) is 0 Å². The maximum Gasteiger partial charge on any atom is 0.332 e. The molecule has 0 saturated carbocycles. The summed E-state index contributed by atoms with van der Waals surface area (Å²) >= 11 is 3.20. The lowest BCUT2D eigenvalue weighted by Crippen LogP contribution is -1.98. The molecule has 0 aliphatic rings. The average molecular weight is 294 g/mol. The second-order valence-corrected chi connectivity index (χ2v) is 4.10. The first-order valence-electron chi connectivity index (χ1n) is 4.53. The first-order chi connectivity index (χ1) is 8.04. The molecule has 2 aromatic rings. The number of benzene rings is 1. The highest BCUT2D eigenvalue weighted by Crippen LogP contribution is 2.30. The topological polar surface area (TPSA) is 79.8 Å². The Morgan fingerprint density at radius 3 is 2.82 bits per heavy atom. The van der Waals surface area contributed by atoms with E-state index in [1.807, 2.05) is 6.07 Å². The van der Waals surface area contributed by atoms with E-state index in [2.05, 4.69) is 20.9 Å². The van der Waals surface area contributed by atoms with Crippen LogP contribution in [0.1, 0.15) is 15.9 Å². The van der Waals surface area contributed by atoms with Gasteiger partial charge in [0.25, 0.3) is 0 Å². The third kappa shape index (κ3) is 1.85. The molecule has 0 aliphatic carbocycles. The van der Waals surface area contributed by atoms with Gasteiger partial charge >= 0.3 is 6.04 Å².